The van der Waals surface area contributed by atoms with E-state index in [1.54, 1.807) is 6.92 Å². The van der Waals surface area contributed by atoms with E-state index in [2.05, 4.69) is 38.3 Å². The minimum Gasteiger partial charge on any atom is -0.342 e. The Morgan fingerprint density at radius 3 is 2.81 bits per heavy atom. The monoisotopic (exact) mass is 357 g/mol. The lowest BCUT2D eigenvalue weighted by Crippen LogP contribution is -2.49. The standard InChI is InChI=1S/C18H27N7O/c1-12-15(7-23(4)22-12)8-24-6-5-18(17-19-13(2)20-21-17)11-25(14(3)26)10-16(18)9-24/h7,16H,5-6,8-11H2,1-4H3,(H,19,20,21)/t16-,18-/m1/s1. The summed E-state index contributed by atoms with van der Waals surface area (Å²) < 4.78 is 1.88. The fraction of sp³-hybridized carbons (Fsp3) is 0.667. The third-order valence-corrected chi connectivity index (χ3v) is 6.04. The van der Waals surface area contributed by atoms with Gasteiger partial charge in [0.25, 0.3) is 0 Å². The highest BCUT2D eigenvalue weighted by Gasteiger charge is 2.53. The molecule has 1 N–H and O–H groups in total. The van der Waals surface area contributed by atoms with Crippen LogP contribution in [0.3, 0.4) is 0 Å². The van der Waals surface area contributed by atoms with Gasteiger partial charge in [0.1, 0.15) is 5.82 Å². The van der Waals surface area contributed by atoms with Gasteiger partial charge in [-0.1, -0.05) is 0 Å². The van der Waals surface area contributed by atoms with Crippen molar-refractivity contribution in [3.05, 3.63) is 29.1 Å². The molecular weight excluding hydrogens is 330 g/mol. The average Bonchev–Trinajstić information content (AvgIpc) is 3.25. The number of piperidine rings is 1. The minimum absolute atomic E-state index is 0.128. The van der Waals surface area contributed by atoms with Gasteiger partial charge in [-0.05, 0) is 26.8 Å². The molecule has 2 aliphatic rings. The van der Waals surface area contributed by atoms with Gasteiger partial charge < -0.3 is 4.90 Å². The zero-order valence-corrected chi connectivity index (χ0v) is 16.0. The number of aryl methyl sites for hydroxylation is 3. The SMILES string of the molecule is CC(=O)N1C[C@H]2CN(Cc3cn(C)nc3C)CC[C@@]2(c2n[nH]c(C)n2)C1. The molecule has 26 heavy (non-hydrogen) atoms. The van der Waals surface area contributed by atoms with Crippen LogP contribution in [0, 0.1) is 19.8 Å². The lowest BCUT2D eigenvalue weighted by molar-refractivity contribution is -0.128. The van der Waals surface area contributed by atoms with Crippen LogP contribution in [-0.4, -0.2) is 66.8 Å². The number of nitrogens with zero attached hydrogens (tertiary/aromatic N) is 6. The van der Waals surface area contributed by atoms with Crippen LogP contribution in [-0.2, 0) is 23.8 Å². The van der Waals surface area contributed by atoms with E-state index in [1.807, 2.05) is 23.6 Å². The molecular formula is C18H27N7O. The van der Waals surface area contributed by atoms with E-state index in [-0.39, 0.29) is 11.3 Å². The maximum absolute atomic E-state index is 12.0. The summed E-state index contributed by atoms with van der Waals surface area (Å²) in [6.07, 6.45) is 3.07. The molecule has 2 fully saturated rings. The molecule has 0 aliphatic carbocycles. The van der Waals surface area contributed by atoms with Crippen LogP contribution in [0.25, 0.3) is 0 Å². The van der Waals surface area contributed by atoms with Crippen molar-refractivity contribution in [3.8, 4) is 0 Å². The average molecular weight is 357 g/mol. The van der Waals surface area contributed by atoms with Crippen LogP contribution in [0.5, 0.6) is 0 Å². The Balaban J connectivity index is 1.58. The molecule has 8 heteroatoms. The van der Waals surface area contributed by atoms with Crippen LogP contribution in [0.1, 0.15) is 36.3 Å². The molecule has 0 saturated carbocycles. The fourth-order valence-corrected chi connectivity index (χ4v) is 4.61. The summed E-state index contributed by atoms with van der Waals surface area (Å²) in [4.78, 5) is 21.1. The number of rotatable bonds is 3. The summed E-state index contributed by atoms with van der Waals surface area (Å²) in [6, 6.07) is 0. The van der Waals surface area contributed by atoms with Crippen LogP contribution in [0.2, 0.25) is 0 Å². The molecule has 8 nitrogen and oxygen atoms in total. The van der Waals surface area contributed by atoms with E-state index in [4.69, 9.17) is 0 Å². The lowest BCUT2D eigenvalue weighted by Gasteiger charge is -2.41. The topological polar surface area (TPSA) is 82.9 Å². The van der Waals surface area contributed by atoms with Crippen molar-refractivity contribution in [2.45, 2.75) is 39.2 Å². The molecule has 0 spiro atoms. The molecule has 4 rings (SSSR count). The number of aromatic amines is 1. The number of nitrogens with one attached hydrogen (secondary N) is 1. The third-order valence-electron chi connectivity index (χ3n) is 6.04. The van der Waals surface area contributed by atoms with Crippen molar-refractivity contribution < 1.29 is 4.79 Å². The van der Waals surface area contributed by atoms with Crippen molar-refractivity contribution >= 4 is 5.91 Å². The van der Waals surface area contributed by atoms with E-state index in [0.29, 0.717) is 5.92 Å². The first-order valence-corrected chi connectivity index (χ1v) is 9.24. The van der Waals surface area contributed by atoms with Crippen molar-refractivity contribution in [1.29, 1.82) is 0 Å². The first-order chi connectivity index (χ1) is 12.4. The number of carbonyl (C=O) groups is 1. The summed E-state index contributed by atoms with van der Waals surface area (Å²) in [5.41, 5.74) is 2.23. The van der Waals surface area contributed by atoms with Gasteiger partial charge in [0.15, 0.2) is 5.82 Å². The molecule has 140 valence electrons. The molecule has 2 atom stereocenters. The van der Waals surface area contributed by atoms with E-state index < -0.39 is 0 Å². The number of amides is 1. The highest BCUT2D eigenvalue weighted by atomic mass is 16.2. The summed E-state index contributed by atoms with van der Waals surface area (Å²) in [6.45, 7) is 9.99. The van der Waals surface area contributed by atoms with Crippen LogP contribution < -0.4 is 0 Å². The highest BCUT2D eigenvalue weighted by Crippen LogP contribution is 2.44. The second kappa shape index (κ2) is 6.19. The normalized spacial score (nSPS) is 26.3. The molecule has 0 radical (unpaired) electrons. The number of H-pyrrole nitrogens is 1. The van der Waals surface area contributed by atoms with Gasteiger partial charge in [-0.3, -0.25) is 19.5 Å². The molecule has 0 unspecified atom stereocenters. The maximum atomic E-state index is 12.0. The Kier molecular flexibility index (Phi) is 4.10. The van der Waals surface area contributed by atoms with Gasteiger partial charge in [-0.2, -0.15) is 10.2 Å². The molecule has 1 amide bonds. The predicted molar refractivity (Wildman–Crippen MR) is 96.4 cm³/mol. The zero-order valence-electron chi connectivity index (χ0n) is 16.0. The number of aromatic nitrogens is 5. The summed E-state index contributed by atoms with van der Waals surface area (Å²) in [5, 5.41) is 11.9. The van der Waals surface area contributed by atoms with Crippen LogP contribution in [0.15, 0.2) is 6.20 Å². The van der Waals surface area contributed by atoms with Gasteiger partial charge in [-0.15, -0.1) is 0 Å². The van der Waals surface area contributed by atoms with E-state index in [1.165, 1.54) is 5.56 Å². The smallest absolute Gasteiger partial charge is 0.219 e. The molecule has 0 bridgehead atoms. The number of likely N-dealkylation sites (tertiary alicyclic amines) is 2. The predicted octanol–water partition coefficient (Wildman–Crippen LogP) is 0.777. The molecule has 2 aromatic rings. The molecule has 4 heterocycles. The third kappa shape index (κ3) is 2.82. The zero-order chi connectivity index (χ0) is 18.5. The van der Waals surface area contributed by atoms with Crippen molar-refractivity contribution in [1.82, 2.24) is 34.8 Å². The van der Waals surface area contributed by atoms with Gasteiger partial charge in [0, 0.05) is 57.8 Å². The van der Waals surface area contributed by atoms with Crippen LogP contribution >= 0.6 is 0 Å². The number of carbonyl (C=O) groups excluding carboxylic acids is 1. The largest absolute Gasteiger partial charge is 0.342 e. The Hall–Kier alpha value is -2.22. The maximum Gasteiger partial charge on any atom is 0.219 e. The Morgan fingerprint density at radius 1 is 1.38 bits per heavy atom. The molecule has 0 aromatic carbocycles. The summed E-state index contributed by atoms with van der Waals surface area (Å²) >= 11 is 0. The Labute approximate surface area is 153 Å². The quantitative estimate of drug-likeness (QED) is 0.878. The first-order valence-electron chi connectivity index (χ1n) is 9.24. The van der Waals surface area contributed by atoms with Crippen LogP contribution in [0.4, 0.5) is 0 Å². The lowest BCUT2D eigenvalue weighted by atomic mass is 9.72. The Morgan fingerprint density at radius 2 is 2.19 bits per heavy atom. The number of hydrogen-bond acceptors (Lipinski definition) is 5. The highest BCUT2D eigenvalue weighted by molar-refractivity contribution is 5.74. The van der Waals surface area contributed by atoms with Gasteiger partial charge in [0.05, 0.1) is 11.1 Å². The number of fused-ring (bicyclic) bond motifs is 1. The van der Waals surface area contributed by atoms with Gasteiger partial charge >= 0.3 is 0 Å². The minimum atomic E-state index is -0.128. The fourth-order valence-electron chi connectivity index (χ4n) is 4.61. The molecule has 2 aromatic heterocycles. The Bertz CT molecular complexity index is 825. The second-order valence-corrected chi connectivity index (χ2v) is 7.90. The van der Waals surface area contributed by atoms with Crippen molar-refractivity contribution in [3.63, 3.8) is 0 Å². The van der Waals surface area contributed by atoms with Crippen molar-refractivity contribution in [2.24, 2.45) is 13.0 Å². The van der Waals surface area contributed by atoms with E-state index in [0.717, 1.165) is 56.5 Å². The number of hydrogen-bond donors (Lipinski definition) is 1. The first kappa shape index (κ1) is 17.2. The van der Waals surface area contributed by atoms with Gasteiger partial charge in [0.2, 0.25) is 5.91 Å². The second-order valence-electron chi connectivity index (χ2n) is 7.90. The molecule has 2 aliphatic heterocycles. The van der Waals surface area contributed by atoms with E-state index >= 15 is 0 Å². The summed E-state index contributed by atoms with van der Waals surface area (Å²) in [5.74, 6) is 2.21. The van der Waals surface area contributed by atoms with Gasteiger partial charge in [-0.25, -0.2) is 4.98 Å². The van der Waals surface area contributed by atoms with E-state index in [9.17, 15) is 4.79 Å². The summed E-state index contributed by atoms with van der Waals surface area (Å²) in [7, 11) is 1.96. The van der Waals surface area contributed by atoms with Crippen molar-refractivity contribution in [2.75, 3.05) is 26.2 Å². The molecule has 2 saturated heterocycles.